The van der Waals surface area contributed by atoms with Crippen LogP contribution < -0.4 is 4.74 Å². The van der Waals surface area contributed by atoms with Gasteiger partial charge in [0.25, 0.3) is 5.91 Å². The van der Waals surface area contributed by atoms with Gasteiger partial charge in [-0.1, -0.05) is 24.6 Å². The monoisotopic (exact) mass is 395 g/mol. The van der Waals surface area contributed by atoms with Gasteiger partial charge in [-0.15, -0.1) is 0 Å². The molecule has 3 rings (SSSR count). The van der Waals surface area contributed by atoms with Crippen molar-refractivity contribution < 1.29 is 17.9 Å². The first kappa shape index (κ1) is 20.1. The fraction of sp³-hybridized carbons (Fsp3) is 0.632. The van der Waals surface area contributed by atoms with Gasteiger partial charge in [0.15, 0.2) is 6.61 Å². The summed E-state index contributed by atoms with van der Waals surface area (Å²) in [5, 5.41) is 0. The van der Waals surface area contributed by atoms with Crippen molar-refractivity contribution in [3.05, 3.63) is 30.3 Å². The quantitative estimate of drug-likeness (QED) is 0.657. The van der Waals surface area contributed by atoms with E-state index in [9.17, 15) is 13.2 Å². The van der Waals surface area contributed by atoms with Crippen LogP contribution in [-0.2, 0) is 14.8 Å². The van der Waals surface area contributed by atoms with E-state index >= 15 is 0 Å². The Balaban J connectivity index is 1.46. The van der Waals surface area contributed by atoms with Crippen LogP contribution >= 0.6 is 0 Å². The van der Waals surface area contributed by atoms with Crippen molar-refractivity contribution in [3.63, 3.8) is 0 Å². The lowest BCUT2D eigenvalue weighted by Gasteiger charge is -2.44. The lowest BCUT2D eigenvalue weighted by molar-refractivity contribution is -0.139. The van der Waals surface area contributed by atoms with E-state index in [1.807, 2.05) is 18.2 Å². The minimum Gasteiger partial charge on any atom is -0.484 e. The molecule has 0 saturated carbocycles. The molecule has 8 heteroatoms. The molecule has 2 aliphatic heterocycles. The molecule has 0 N–H and O–H groups in total. The number of nitrogens with zero attached hydrogens (tertiary/aromatic N) is 3. The van der Waals surface area contributed by atoms with Crippen molar-refractivity contribution in [1.29, 1.82) is 0 Å². The van der Waals surface area contributed by atoms with Gasteiger partial charge in [-0.05, 0) is 38.1 Å². The van der Waals surface area contributed by atoms with Crippen LogP contribution in [0, 0.1) is 0 Å². The number of hydrogen-bond donors (Lipinski definition) is 0. The molecule has 0 atom stereocenters. The number of para-hydroxylation sites is 1. The molecule has 7 nitrogen and oxygen atoms in total. The van der Waals surface area contributed by atoms with Crippen molar-refractivity contribution in [2.24, 2.45) is 0 Å². The number of rotatable bonds is 8. The molecule has 0 aliphatic carbocycles. The first-order chi connectivity index (χ1) is 12.9. The van der Waals surface area contributed by atoms with Gasteiger partial charge in [-0.3, -0.25) is 4.79 Å². The number of likely N-dealkylation sites (tertiary alicyclic amines) is 2. The van der Waals surface area contributed by atoms with Crippen molar-refractivity contribution in [2.45, 2.75) is 25.3 Å². The van der Waals surface area contributed by atoms with E-state index in [1.54, 1.807) is 21.3 Å². The van der Waals surface area contributed by atoms with Crippen LogP contribution in [0.15, 0.2) is 30.3 Å². The molecular formula is C19H29N3O4S. The molecule has 0 bridgehead atoms. The second-order valence-electron chi connectivity index (χ2n) is 7.33. The van der Waals surface area contributed by atoms with Gasteiger partial charge in [0.2, 0.25) is 10.0 Å². The highest BCUT2D eigenvalue weighted by molar-refractivity contribution is 7.88. The Morgan fingerprint density at radius 3 is 2.44 bits per heavy atom. The summed E-state index contributed by atoms with van der Waals surface area (Å²) in [6.45, 7) is 4.19. The van der Waals surface area contributed by atoms with Gasteiger partial charge >= 0.3 is 0 Å². The highest BCUT2D eigenvalue weighted by atomic mass is 32.2. The van der Waals surface area contributed by atoms with E-state index in [0.717, 1.165) is 19.6 Å². The second-order valence-corrected chi connectivity index (χ2v) is 9.27. The molecular weight excluding hydrogens is 366 g/mol. The third-order valence-electron chi connectivity index (χ3n) is 5.24. The minimum absolute atomic E-state index is 0.0244. The summed E-state index contributed by atoms with van der Waals surface area (Å²) in [6, 6.07) is 9.07. The zero-order valence-corrected chi connectivity index (χ0v) is 16.7. The van der Waals surface area contributed by atoms with E-state index in [-0.39, 0.29) is 18.6 Å². The molecule has 2 saturated heterocycles. The predicted molar refractivity (Wildman–Crippen MR) is 104 cm³/mol. The number of hydrogen-bond acceptors (Lipinski definition) is 5. The molecule has 0 aromatic heterocycles. The van der Waals surface area contributed by atoms with Crippen LogP contribution in [0.3, 0.4) is 0 Å². The van der Waals surface area contributed by atoms with Gasteiger partial charge in [-0.25, -0.2) is 8.42 Å². The van der Waals surface area contributed by atoms with Crippen molar-refractivity contribution in [3.8, 4) is 5.75 Å². The highest BCUT2D eigenvalue weighted by Crippen LogP contribution is 2.19. The molecule has 0 unspecified atom stereocenters. The fourth-order valence-corrected chi connectivity index (χ4v) is 4.72. The molecule has 150 valence electrons. The minimum atomic E-state index is -3.29. The Kier molecular flexibility index (Phi) is 6.73. The normalized spacial score (nSPS) is 19.1. The van der Waals surface area contributed by atoms with Gasteiger partial charge in [-0.2, -0.15) is 4.31 Å². The molecule has 1 aromatic carbocycles. The molecule has 2 heterocycles. The number of carbonyl (C=O) groups excluding carboxylic acids is 1. The molecule has 2 fully saturated rings. The van der Waals surface area contributed by atoms with Crippen LogP contribution in [0.25, 0.3) is 0 Å². The van der Waals surface area contributed by atoms with E-state index in [4.69, 9.17) is 4.74 Å². The standard InChI is InChI=1S/C19H29N3O4S/c1-27(24,25)22(13-12-20-10-6-3-7-11-20)17-14-21(15-17)19(23)16-26-18-8-4-2-5-9-18/h2,4-5,8-9,17H,3,6-7,10-16H2,1H3. The summed E-state index contributed by atoms with van der Waals surface area (Å²) >= 11 is 0. The first-order valence-corrected chi connectivity index (χ1v) is 11.4. The largest absolute Gasteiger partial charge is 0.484 e. The summed E-state index contributed by atoms with van der Waals surface area (Å²) in [5.74, 6) is 0.543. The number of ether oxygens (including phenoxy) is 1. The van der Waals surface area contributed by atoms with E-state index in [0.29, 0.717) is 25.4 Å². The van der Waals surface area contributed by atoms with Gasteiger partial charge in [0, 0.05) is 26.2 Å². The third-order valence-corrected chi connectivity index (χ3v) is 6.57. The Hall–Kier alpha value is -1.64. The highest BCUT2D eigenvalue weighted by Gasteiger charge is 2.38. The third kappa shape index (κ3) is 5.67. The zero-order valence-electron chi connectivity index (χ0n) is 15.9. The SMILES string of the molecule is CS(=O)(=O)N(CCN1CCCCC1)C1CN(C(=O)COc2ccccc2)C1. The molecule has 1 amide bonds. The topological polar surface area (TPSA) is 70.2 Å². The second kappa shape index (κ2) is 9.03. The van der Waals surface area contributed by atoms with Gasteiger partial charge in [0.1, 0.15) is 5.75 Å². The molecule has 0 radical (unpaired) electrons. The molecule has 2 aliphatic rings. The average molecular weight is 396 g/mol. The fourth-order valence-electron chi connectivity index (χ4n) is 3.64. The van der Waals surface area contributed by atoms with Crippen LogP contribution in [0.2, 0.25) is 0 Å². The smallest absolute Gasteiger partial charge is 0.260 e. The maximum absolute atomic E-state index is 12.2. The summed E-state index contributed by atoms with van der Waals surface area (Å²) in [5.41, 5.74) is 0. The molecule has 1 aromatic rings. The lowest BCUT2D eigenvalue weighted by Crippen LogP contribution is -2.63. The van der Waals surface area contributed by atoms with Crippen LogP contribution in [-0.4, -0.2) is 86.6 Å². The average Bonchev–Trinajstić information content (AvgIpc) is 2.62. The van der Waals surface area contributed by atoms with E-state index in [1.165, 1.54) is 25.5 Å². The van der Waals surface area contributed by atoms with Crippen LogP contribution in [0.4, 0.5) is 0 Å². The Morgan fingerprint density at radius 1 is 1.15 bits per heavy atom. The van der Waals surface area contributed by atoms with Gasteiger partial charge in [0.05, 0.1) is 12.3 Å². The zero-order chi connectivity index (χ0) is 19.3. The Morgan fingerprint density at radius 2 is 1.81 bits per heavy atom. The van der Waals surface area contributed by atoms with Crippen molar-refractivity contribution >= 4 is 15.9 Å². The Labute approximate surface area is 161 Å². The lowest BCUT2D eigenvalue weighted by atomic mass is 10.1. The van der Waals surface area contributed by atoms with Crippen molar-refractivity contribution in [1.82, 2.24) is 14.1 Å². The molecule has 27 heavy (non-hydrogen) atoms. The number of sulfonamides is 1. The summed E-state index contributed by atoms with van der Waals surface area (Å²) in [7, 11) is -3.29. The van der Waals surface area contributed by atoms with E-state index in [2.05, 4.69) is 4.90 Å². The summed E-state index contributed by atoms with van der Waals surface area (Å²) in [4.78, 5) is 16.2. The summed E-state index contributed by atoms with van der Waals surface area (Å²) < 4.78 is 31.5. The molecule has 0 spiro atoms. The summed E-state index contributed by atoms with van der Waals surface area (Å²) in [6.07, 6.45) is 4.89. The predicted octanol–water partition coefficient (Wildman–Crippen LogP) is 1.02. The number of carbonyl (C=O) groups is 1. The van der Waals surface area contributed by atoms with Crippen molar-refractivity contribution in [2.75, 3.05) is 52.1 Å². The maximum atomic E-state index is 12.2. The maximum Gasteiger partial charge on any atom is 0.260 e. The number of piperidine rings is 1. The van der Waals surface area contributed by atoms with Crippen LogP contribution in [0.1, 0.15) is 19.3 Å². The van der Waals surface area contributed by atoms with Crippen LogP contribution in [0.5, 0.6) is 5.75 Å². The van der Waals surface area contributed by atoms with E-state index < -0.39 is 10.0 Å². The number of amides is 1. The van der Waals surface area contributed by atoms with Gasteiger partial charge < -0.3 is 14.5 Å². The number of benzene rings is 1. The Bertz CT molecular complexity index is 714. The first-order valence-electron chi connectivity index (χ1n) is 9.58.